The molecule has 2 aromatic rings. The van der Waals surface area contributed by atoms with E-state index in [2.05, 4.69) is 36.8 Å². The van der Waals surface area contributed by atoms with Gasteiger partial charge in [-0.2, -0.15) is 0 Å². The van der Waals surface area contributed by atoms with Gasteiger partial charge in [0.1, 0.15) is 10.3 Å². The maximum absolute atomic E-state index is 4.27. The third kappa shape index (κ3) is 1.19. The van der Waals surface area contributed by atoms with Crippen molar-refractivity contribution in [3.63, 3.8) is 0 Å². The van der Waals surface area contributed by atoms with Gasteiger partial charge in [0.2, 0.25) is 0 Å². The predicted molar refractivity (Wildman–Crippen MR) is 55.3 cm³/mol. The van der Waals surface area contributed by atoms with Crippen molar-refractivity contribution in [3.05, 3.63) is 33.1 Å². The Bertz CT molecular complexity index is 434. The topological polar surface area (TPSA) is 17.3 Å². The molecule has 0 fully saturated rings. The average Bonchev–Trinajstić information content (AvgIpc) is 2.39. The Hall–Kier alpha value is -0.350. The molecule has 2 rings (SSSR count). The summed E-state index contributed by atoms with van der Waals surface area (Å²) >= 11 is 6.80. The van der Waals surface area contributed by atoms with Crippen molar-refractivity contribution in [2.24, 2.45) is 0 Å². The second kappa shape index (κ2) is 2.85. The zero-order valence-corrected chi connectivity index (χ0v) is 9.55. The molecule has 0 amide bonds. The summed E-state index contributed by atoms with van der Waals surface area (Å²) in [6.07, 6.45) is 1.95. The van der Waals surface area contributed by atoms with Crippen LogP contribution < -0.4 is 0 Å². The third-order valence-corrected chi connectivity index (χ3v) is 3.01. The molecular formula is C8H6Br2N2. The number of hydrogen-bond acceptors (Lipinski definition) is 1. The highest BCUT2D eigenvalue weighted by molar-refractivity contribution is 9.10. The first-order chi connectivity index (χ1) is 5.68. The number of hydrogen-bond donors (Lipinski definition) is 0. The van der Waals surface area contributed by atoms with Gasteiger partial charge in [-0.05, 0) is 50.9 Å². The normalized spacial score (nSPS) is 10.9. The number of halogens is 2. The summed E-state index contributed by atoms with van der Waals surface area (Å²) in [6.45, 7) is 2.05. The minimum absolute atomic E-state index is 0.865. The molecule has 0 aliphatic rings. The van der Waals surface area contributed by atoms with Gasteiger partial charge < -0.3 is 4.40 Å². The van der Waals surface area contributed by atoms with E-state index < -0.39 is 0 Å². The lowest BCUT2D eigenvalue weighted by molar-refractivity contribution is 1.08. The lowest BCUT2D eigenvalue weighted by Gasteiger charge is -2.00. The molecule has 0 N–H and O–H groups in total. The minimum Gasteiger partial charge on any atom is -0.302 e. The molecule has 0 spiro atoms. The van der Waals surface area contributed by atoms with E-state index in [1.807, 2.05) is 29.7 Å². The van der Waals surface area contributed by atoms with Crippen molar-refractivity contribution in [1.29, 1.82) is 0 Å². The number of aromatic nitrogens is 2. The van der Waals surface area contributed by atoms with Crippen molar-refractivity contribution < 1.29 is 0 Å². The molecule has 0 aromatic carbocycles. The van der Waals surface area contributed by atoms with Crippen molar-refractivity contribution in [2.75, 3.05) is 0 Å². The molecule has 0 radical (unpaired) electrons. The molecule has 2 nitrogen and oxygen atoms in total. The molecule has 0 unspecified atom stereocenters. The molecule has 0 saturated heterocycles. The van der Waals surface area contributed by atoms with Crippen LogP contribution in [0.5, 0.6) is 0 Å². The number of fused-ring (bicyclic) bond motifs is 1. The molecule has 2 aromatic heterocycles. The van der Waals surface area contributed by atoms with Crippen LogP contribution >= 0.6 is 31.9 Å². The Morgan fingerprint density at radius 3 is 2.83 bits per heavy atom. The smallest absolute Gasteiger partial charge is 0.138 e. The highest BCUT2D eigenvalue weighted by Crippen LogP contribution is 2.19. The van der Waals surface area contributed by atoms with Gasteiger partial charge in [-0.3, -0.25) is 0 Å². The van der Waals surface area contributed by atoms with E-state index in [-0.39, 0.29) is 0 Å². The fraction of sp³-hybridized carbons (Fsp3) is 0.125. The summed E-state index contributed by atoms with van der Waals surface area (Å²) in [6, 6.07) is 3.98. The van der Waals surface area contributed by atoms with E-state index in [9.17, 15) is 0 Å². The van der Waals surface area contributed by atoms with E-state index in [4.69, 9.17) is 0 Å². The molecule has 0 saturated carbocycles. The van der Waals surface area contributed by atoms with Gasteiger partial charge in [0.15, 0.2) is 0 Å². The monoisotopic (exact) mass is 288 g/mol. The second-order valence-electron chi connectivity index (χ2n) is 2.56. The Kier molecular flexibility index (Phi) is 1.96. The summed E-state index contributed by atoms with van der Waals surface area (Å²) in [7, 11) is 0. The van der Waals surface area contributed by atoms with Crippen LogP contribution in [-0.4, -0.2) is 9.38 Å². The molecule has 0 bridgehead atoms. The highest BCUT2D eigenvalue weighted by Gasteiger charge is 2.02. The Labute approximate surface area is 86.9 Å². The van der Waals surface area contributed by atoms with Gasteiger partial charge in [0.05, 0.1) is 0 Å². The summed E-state index contributed by atoms with van der Waals surface area (Å²) < 4.78 is 4.00. The number of nitrogens with zero attached hydrogens (tertiary/aromatic N) is 2. The van der Waals surface area contributed by atoms with Crippen LogP contribution in [0.3, 0.4) is 0 Å². The standard InChI is InChI=1S/C8H6Br2N2/c1-5-6(9)2-3-8-11-7(10)4-12(5)8/h2-4H,1H3. The Morgan fingerprint density at radius 1 is 1.33 bits per heavy atom. The fourth-order valence-electron chi connectivity index (χ4n) is 1.13. The predicted octanol–water partition coefficient (Wildman–Crippen LogP) is 3.17. The van der Waals surface area contributed by atoms with Gasteiger partial charge in [-0.1, -0.05) is 0 Å². The van der Waals surface area contributed by atoms with Gasteiger partial charge in [0, 0.05) is 16.4 Å². The van der Waals surface area contributed by atoms with Crippen LogP contribution in [0.1, 0.15) is 5.69 Å². The van der Waals surface area contributed by atoms with Crippen molar-refractivity contribution in [3.8, 4) is 0 Å². The lowest BCUT2D eigenvalue weighted by atomic mass is 10.4. The van der Waals surface area contributed by atoms with Crippen LogP contribution in [0.15, 0.2) is 27.4 Å². The van der Waals surface area contributed by atoms with Crippen molar-refractivity contribution >= 4 is 37.5 Å². The number of pyridine rings is 1. The Morgan fingerprint density at radius 2 is 2.08 bits per heavy atom. The lowest BCUT2D eigenvalue weighted by Crippen LogP contribution is -1.89. The molecule has 0 aliphatic carbocycles. The average molecular weight is 290 g/mol. The SMILES string of the molecule is Cc1c(Br)ccc2nc(Br)cn12. The van der Waals surface area contributed by atoms with Gasteiger partial charge >= 0.3 is 0 Å². The number of aryl methyl sites for hydroxylation is 1. The molecule has 4 heteroatoms. The van der Waals surface area contributed by atoms with E-state index in [1.165, 1.54) is 0 Å². The summed E-state index contributed by atoms with van der Waals surface area (Å²) in [5.74, 6) is 0. The first-order valence-electron chi connectivity index (χ1n) is 3.48. The molecule has 62 valence electrons. The molecule has 12 heavy (non-hydrogen) atoms. The maximum Gasteiger partial charge on any atom is 0.138 e. The fourth-order valence-corrected chi connectivity index (χ4v) is 1.84. The zero-order chi connectivity index (χ0) is 8.72. The van der Waals surface area contributed by atoms with Gasteiger partial charge in [-0.15, -0.1) is 0 Å². The van der Waals surface area contributed by atoms with E-state index in [0.29, 0.717) is 0 Å². The number of rotatable bonds is 0. The Balaban J connectivity index is 2.89. The maximum atomic E-state index is 4.27. The molecule has 2 heterocycles. The number of imidazole rings is 1. The highest BCUT2D eigenvalue weighted by atomic mass is 79.9. The summed E-state index contributed by atoms with van der Waals surface area (Å²) in [4.78, 5) is 4.27. The van der Waals surface area contributed by atoms with Crippen LogP contribution in [0.25, 0.3) is 5.65 Å². The van der Waals surface area contributed by atoms with Crippen LogP contribution in [0.4, 0.5) is 0 Å². The first kappa shape index (κ1) is 8.26. The van der Waals surface area contributed by atoms with Crippen LogP contribution in [0.2, 0.25) is 0 Å². The largest absolute Gasteiger partial charge is 0.302 e. The summed E-state index contributed by atoms with van der Waals surface area (Å²) in [5, 5.41) is 0. The molecular weight excluding hydrogens is 284 g/mol. The second-order valence-corrected chi connectivity index (χ2v) is 4.23. The minimum atomic E-state index is 0.865. The quantitative estimate of drug-likeness (QED) is 0.728. The van der Waals surface area contributed by atoms with Crippen molar-refractivity contribution in [2.45, 2.75) is 6.92 Å². The van der Waals surface area contributed by atoms with E-state index >= 15 is 0 Å². The van der Waals surface area contributed by atoms with E-state index in [0.717, 1.165) is 20.4 Å². The van der Waals surface area contributed by atoms with Gasteiger partial charge in [-0.25, -0.2) is 4.98 Å². The molecule has 0 aliphatic heterocycles. The van der Waals surface area contributed by atoms with E-state index in [1.54, 1.807) is 0 Å². The van der Waals surface area contributed by atoms with Crippen LogP contribution in [-0.2, 0) is 0 Å². The third-order valence-electron chi connectivity index (χ3n) is 1.79. The summed E-state index contributed by atoms with van der Waals surface area (Å²) in [5.41, 5.74) is 2.12. The zero-order valence-electron chi connectivity index (χ0n) is 6.38. The van der Waals surface area contributed by atoms with Gasteiger partial charge in [0.25, 0.3) is 0 Å². The van der Waals surface area contributed by atoms with Crippen LogP contribution in [0, 0.1) is 6.92 Å². The molecule has 0 atom stereocenters. The van der Waals surface area contributed by atoms with Crippen molar-refractivity contribution in [1.82, 2.24) is 9.38 Å². The first-order valence-corrected chi connectivity index (χ1v) is 5.07.